The zero-order valence-electron chi connectivity index (χ0n) is 17.1. The molecule has 1 fully saturated rings. The number of anilines is 2. The van der Waals surface area contributed by atoms with Gasteiger partial charge in [0.05, 0.1) is 18.8 Å². The van der Waals surface area contributed by atoms with Crippen LogP contribution in [0.3, 0.4) is 0 Å². The number of nitrogens with zero attached hydrogens (tertiary/aromatic N) is 3. The summed E-state index contributed by atoms with van der Waals surface area (Å²) in [5, 5.41) is 10.7. The van der Waals surface area contributed by atoms with Crippen LogP contribution in [-0.4, -0.2) is 62.8 Å². The van der Waals surface area contributed by atoms with E-state index in [-0.39, 0.29) is 11.6 Å². The van der Waals surface area contributed by atoms with Gasteiger partial charge in [-0.05, 0) is 19.1 Å². The highest BCUT2D eigenvalue weighted by molar-refractivity contribution is 5.97. The van der Waals surface area contributed by atoms with Crippen LogP contribution in [0.25, 0.3) is 10.9 Å². The van der Waals surface area contributed by atoms with Crippen molar-refractivity contribution in [1.82, 2.24) is 19.9 Å². The van der Waals surface area contributed by atoms with Gasteiger partial charge in [0.15, 0.2) is 5.60 Å². The summed E-state index contributed by atoms with van der Waals surface area (Å²) in [5.41, 5.74) is 14.7. The standard InChI is InChI=1S/C21H24N6O4/c1-11-2-3-15-12(6-11)14(16(24-15)19(28)29)8-27-4-5-30-10-21(9-27)7-13-17(22)25-20(23)26-18(13)31-21/h2-3,6,24H,4-5,7-10H2,1H3,(H,28,29)(H4,22,23,25,26). The van der Waals surface area contributed by atoms with Crippen molar-refractivity contribution in [3.63, 3.8) is 0 Å². The fourth-order valence-corrected chi connectivity index (χ4v) is 4.53. The highest BCUT2D eigenvalue weighted by atomic mass is 16.6. The summed E-state index contributed by atoms with van der Waals surface area (Å²) in [7, 11) is 0. The second kappa shape index (κ2) is 7.10. The average molecular weight is 424 g/mol. The zero-order chi connectivity index (χ0) is 21.8. The Kier molecular flexibility index (Phi) is 4.49. The van der Waals surface area contributed by atoms with E-state index < -0.39 is 11.6 Å². The number of aromatic carboxylic acids is 1. The molecule has 1 saturated heterocycles. The Morgan fingerprint density at radius 2 is 2.19 bits per heavy atom. The lowest BCUT2D eigenvalue weighted by Crippen LogP contribution is -2.48. The summed E-state index contributed by atoms with van der Waals surface area (Å²) in [4.78, 5) is 25.3. The Morgan fingerprint density at radius 1 is 1.35 bits per heavy atom. The number of H-pyrrole nitrogens is 1. The number of rotatable bonds is 3. The van der Waals surface area contributed by atoms with Crippen molar-refractivity contribution in [2.24, 2.45) is 0 Å². The smallest absolute Gasteiger partial charge is 0.352 e. The predicted octanol–water partition coefficient (Wildman–Crippen LogP) is 1.34. The third-order valence-electron chi connectivity index (χ3n) is 5.92. The van der Waals surface area contributed by atoms with Gasteiger partial charge in [0.2, 0.25) is 11.8 Å². The maximum Gasteiger partial charge on any atom is 0.352 e. The van der Waals surface area contributed by atoms with Crippen LogP contribution in [0.1, 0.15) is 27.2 Å². The molecule has 1 unspecified atom stereocenters. The molecule has 6 N–H and O–H groups in total. The van der Waals surface area contributed by atoms with Gasteiger partial charge in [0.25, 0.3) is 0 Å². The minimum atomic E-state index is -0.979. The molecular weight excluding hydrogens is 400 g/mol. The highest BCUT2D eigenvalue weighted by Gasteiger charge is 2.45. The minimum absolute atomic E-state index is 0.0694. The molecule has 0 radical (unpaired) electrons. The Balaban J connectivity index is 1.47. The number of carboxylic acids is 1. The monoisotopic (exact) mass is 424 g/mol. The second-order valence-corrected chi connectivity index (χ2v) is 8.31. The van der Waals surface area contributed by atoms with Crippen molar-refractivity contribution in [2.45, 2.75) is 25.5 Å². The van der Waals surface area contributed by atoms with Crippen LogP contribution in [0.4, 0.5) is 11.8 Å². The average Bonchev–Trinajstić information content (AvgIpc) is 3.16. The first kappa shape index (κ1) is 19.6. The third-order valence-corrected chi connectivity index (χ3v) is 5.92. The number of hydrogen-bond acceptors (Lipinski definition) is 8. The van der Waals surface area contributed by atoms with Crippen molar-refractivity contribution in [3.8, 4) is 5.88 Å². The number of aromatic amines is 1. The van der Waals surface area contributed by atoms with Crippen molar-refractivity contribution in [3.05, 3.63) is 40.6 Å². The highest BCUT2D eigenvalue weighted by Crippen LogP contribution is 2.38. The van der Waals surface area contributed by atoms with Gasteiger partial charge in [-0.25, -0.2) is 4.79 Å². The number of nitrogen functional groups attached to an aromatic ring is 2. The number of carboxylic acid groups (broad SMARTS) is 1. The van der Waals surface area contributed by atoms with Gasteiger partial charge in [0, 0.05) is 42.5 Å². The summed E-state index contributed by atoms with van der Waals surface area (Å²) >= 11 is 0. The van der Waals surface area contributed by atoms with Crippen molar-refractivity contribution in [1.29, 1.82) is 0 Å². The predicted molar refractivity (Wildman–Crippen MR) is 114 cm³/mol. The molecule has 2 aromatic heterocycles. The zero-order valence-corrected chi connectivity index (χ0v) is 17.1. The number of aromatic nitrogens is 3. The molecule has 2 aliphatic rings. The summed E-state index contributed by atoms with van der Waals surface area (Å²) in [6, 6.07) is 5.89. The molecule has 162 valence electrons. The van der Waals surface area contributed by atoms with Crippen LogP contribution >= 0.6 is 0 Å². The number of ether oxygens (including phenoxy) is 2. The summed E-state index contributed by atoms with van der Waals surface area (Å²) < 4.78 is 12.1. The Labute approximate surface area is 178 Å². The molecule has 0 saturated carbocycles. The van der Waals surface area contributed by atoms with Crippen molar-refractivity contribution < 1.29 is 19.4 Å². The van der Waals surface area contributed by atoms with Crippen molar-refractivity contribution >= 4 is 28.6 Å². The van der Waals surface area contributed by atoms with Gasteiger partial charge in [0.1, 0.15) is 11.5 Å². The molecule has 0 aliphatic carbocycles. The SMILES string of the molecule is Cc1ccc2[nH]c(C(=O)O)c(CN3CCOCC4(Cc5c(N)nc(N)nc5O4)C3)c2c1. The quantitative estimate of drug-likeness (QED) is 0.488. The Hall–Kier alpha value is -3.37. The van der Waals surface area contributed by atoms with Gasteiger partial charge >= 0.3 is 5.97 Å². The van der Waals surface area contributed by atoms with E-state index >= 15 is 0 Å². The second-order valence-electron chi connectivity index (χ2n) is 8.31. The van der Waals surface area contributed by atoms with E-state index in [4.69, 9.17) is 20.9 Å². The van der Waals surface area contributed by atoms with Crippen LogP contribution in [0, 0.1) is 6.92 Å². The molecule has 5 rings (SSSR count). The van der Waals surface area contributed by atoms with E-state index in [0.717, 1.165) is 27.6 Å². The van der Waals surface area contributed by atoms with E-state index in [0.29, 0.717) is 51.0 Å². The van der Waals surface area contributed by atoms with E-state index in [9.17, 15) is 9.90 Å². The molecule has 31 heavy (non-hydrogen) atoms. The number of fused-ring (bicyclic) bond motifs is 2. The van der Waals surface area contributed by atoms with Crippen LogP contribution in [0.5, 0.6) is 5.88 Å². The first-order chi connectivity index (χ1) is 14.8. The Bertz CT molecular complexity index is 1190. The number of nitrogens with one attached hydrogen (secondary N) is 1. The van der Waals surface area contributed by atoms with E-state index in [1.165, 1.54) is 0 Å². The largest absolute Gasteiger partial charge is 0.477 e. The Morgan fingerprint density at radius 3 is 3.00 bits per heavy atom. The molecule has 0 bridgehead atoms. The maximum absolute atomic E-state index is 11.9. The fraction of sp³-hybridized carbons (Fsp3) is 0.381. The lowest BCUT2D eigenvalue weighted by molar-refractivity contribution is -0.00263. The van der Waals surface area contributed by atoms with Gasteiger partial charge in [-0.3, -0.25) is 4.90 Å². The molecule has 1 aromatic carbocycles. The molecule has 2 aliphatic heterocycles. The topological polar surface area (TPSA) is 153 Å². The molecule has 1 atom stereocenters. The molecule has 10 nitrogen and oxygen atoms in total. The molecule has 0 amide bonds. The van der Waals surface area contributed by atoms with Crippen LogP contribution in [0.15, 0.2) is 18.2 Å². The van der Waals surface area contributed by atoms with E-state index in [1.54, 1.807) is 0 Å². The third kappa shape index (κ3) is 3.43. The fourth-order valence-electron chi connectivity index (χ4n) is 4.53. The van der Waals surface area contributed by atoms with Gasteiger partial charge in [-0.15, -0.1) is 0 Å². The van der Waals surface area contributed by atoms with E-state index in [2.05, 4.69) is 19.9 Å². The molecule has 3 aromatic rings. The van der Waals surface area contributed by atoms with E-state index in [1.807, 2.05) is 25.1 Å². The number of hydrogen-bond donors (Lipinski definition) is 4. The lowest BCUT2D eigenvalue weighted by Gasteiger charge is -2.31. The summed E-state index contributed by atoms with van der Waals surface area (Å²) in [6.45, 7) is 4.49. The van der Waals surface area contributed by atoms with Crippen LogP contribution < -0.4 is 16.2 Å². The maximum atomic E-state index is 11.9. The van der Waals surface area contributed by atoms with Crippen LogP contribution in [-0.2, 0) is 17.7 Å². The van der Waals surface area contributed by atoms with Gasteiger partial charge in [-0.1, -0.05) is 11.6 Å². The van der Waals surface area contributed by atoms with Gasteiger partial charge < -0.3 is 31.0 Å². The van der Waals surface area contributed by atoms with Gasteiger partial charge in [-0.2, -0.15) is 9.97 Å². The molecule has 1 spiro atoms. The number of aryl methyl sites for hydroxylation is 1. The first-order valence-corrected chi connectivity index (χ1v) is 10.1. The first-order valence-electron chi connectivity index (χ1n) is 10.1. The summed E-state index contributed by atoms with van der Waals surface area (Å²) in [5.74, 6) is -0.201. The minimum Gasteiger partial charge on any atom is -0.477 e. The molecule has 10 heteroatoms. The normalized spacial score (nSPS) is 21.2. The summed E-state index contributed by atoms with van der Waals surface area (Å²) in [6.07, 6.45) is 0.504. The van der Waals surface area contributed by atoms with Crippen LogP contribution in [0.2, 0.25) is 0 Å². The lowest BCUT2D eigenvalue weighted by atomic mass is 9.97. The number of carbonyl (C=O) groups is 1. The molecular formula is C21H24N6O4. The van der Waals surface area contributed by atoms with Crippen molar-refractivity contribution in [2.75, 3.05) is 37.8 Å². The number of nitrogens with two attached hydrogens (primary N) is 2. The number of benzene rings is 1. The molecule has 4 heterocycles.